The van der Waals surface area contributed by atoms with Crippen LogP contribution in [0.5, 0.6) is 0 Å². The van der Waals surface area contributed by atoms with Crippen LogP contribution in [-0.4, -0.2) is 38.5 Å². The molecule has 5 nitrogen and oxygen atoms in total. The molecule has 0 aromatic heterocycles. The topological polar surface area (TPSA) is 77.5 Å². The maximum atomic E-state index is 13.5. The van der Waals surface area contributed by atoms with Gasteiger partial charge in [-0.05, 0) is 71.6 Å². The molecule has 0 aromatic carbocycles. The van der Waals surface area contributed by atoms with E-state index in [1.165, 1.54) is 0 Å². The van der Waals surface area contributed by atoms with E-state index in [4.69, 9.17) is 4.74 Å². The monoisotopic (exact) mass is 416 g/mol. The highest BCUT2D eigenvalue weighted by Crippen LogP contribution is 2.64. The second-order valence-corrected chi connectivity index (χ2v) is 16.1. The summed E-state index contributed by atoms with van der Waals surface area (Å²) in [5.41, 5.74) is 0. The number of hydrogen-bond donors (Lipinski definition) is 0. The van der Waals surface area contributed by atoms with Gasteiger partial charge >= 0.3 is 0 Å². The molecule has 6 atom stereocenters. The molecular weight excluding hydrogens is 384 g/mol. The lowest BCUT2D eigenvalue weighted by Crippen LogP contribution is -2.42. The normalized spacial score (nSPS) is 39.2. The molecule has 4 aliphatic rings. The highest BCUT2D eigenvalue weighted by atomic mass is 32.2. The minimum atomic E-state index is -3.79. The molecule has 0 amide bonds. The van der Waals surface area contributed by atoms with Crippen molar-refractivity contribution < 1.29 is 21.6 Å². The van der Waals surface area contributed by atoms with Crippen LogP contribution in [0.2, 0.25) is 0 Å². The molecule has 27 heavy (non-hydrogen) atoms. The Morgan fingerprint density at radius 2 is 1.11 bits per heavy atom. The fourth-order valence-electron chi connectivity index (χ4n) is 5.82. The molecule has 7 heteroatoms. The minimum absolute atomic E-state index is 0.0868. The first-order chi connectivity index (χ1) is 12.2. The van der Waals surface area contributed by atoms with Crippen LogP contribution in [0, 0.1) is 23.7 Å². The first-order valence-electron chi connectivity index (χ1n) is 10.1. The summed E-state index contributed by atoms with van der Waals surface area (Å²) in [5, 5.41) is 0. The van der Waals surface area contributed by atoms with Crippen LogP contribution in [0.3, 0.4) is 0 Å². The van der Waals surface area contributed by atoms with Crippen molar-refractivity contribution in [2.45, 2.75) is 88.9 Å². The van der Waals surface area contributed by atoms with Gasteiger partial charge < -0.3 is 4.74 Å². The summed E-state index contributed by atoms with van der Waals surface area (Å²) in [4.78, 5) is 0.174. The van der Waals surface area contributed by atoms with E-state index in [-0.39, 0.29) is 21.6 Å². The van der Waals surface area contributed by atoms with E-state index < -0.39 is 41.4 Å². The third kappa shape index (κ3) is 2.49. The van der Waals surface area contributed by atoms with E-state index in [0.29, 0.717) is 11.8 Å². The molecule has 0 aromatic rings. The molecule has 154 valence electrons. The van der Waals surface area contributed by atoms with Crippen LogP contribution in [0.15, 0.2) is 9.81 Å². The van der Waals surface area contributed by atoms with E-state index in [1.54, 1.807) is 41.5 Å². The number of ether oxygens (including phenoxy) is 1. The zero-order chi connectivity index (χ0) is 20.2. The van der Waals surface area contributed by atoms with E-state index in [1.807, 2.05) is 0 Å². The third-order valence-electron chi connectivity index (χ3n) is 7.23. The van der Waals surface area contributed by atoms with Gasteiger partial charge in [-0.3, -0.25) is 0 Å². The first kappa shape index (κ1) is 19.9. The predicted octanol–water partition coefficient (Wildman–Crippen LogP) is 3.46. The largest absolute Gasteiger partial charge is 0.363 e. The van der Waals surface area contributed by atoms with E-state index in [2.05, 4.69) is 0 Å². The summed E-state index contributed by atoms with van der Waals surface area (Å²) in [6, 6.07) is 0. The highest BCUT2D eigenvalue weighted by Gasteiger charge is 2.67. The Labute approximate surface area is 163 Å². The number of fused-ring (bicyclic) bond motifs is 9. The fourth-order valence-corrected chi connectivity index (χ4v) is 9.59. The quantitative estimate of drug-likeness (QED) is 0.689. The summed E-state index contributed by atoms with van der Waals surface area (Å²) in [6.07, 6.45) is 3.30. The van der Waals surface area contributed by atoms with Crippen molar-refractivity contribution in [2.24, 2.45) is 23.7 Å². The SMILES string of the molecule is CC(C)(C)S(=O)(=O)C1=C(S(=O)(=O)C(C)(C)C)[C@H]2O[C@H]1[C@H]1[C@H]3CCC[C@@H](C3)[C@@H]12. The number of hydrogen-bond acceptors (Lipinski definition) is 5. The lowest BCUT2D eigenvalue weighted by molar-refractivity contribution is 0.0705. The third-order valence-corrected chi connectivity index (χ3v) is 12.6. The minimum Gasteiger partial charge on any atom is -0.363 e. The molecule has 0 N–H and O–H groups in total. The Kier molecular flexibility index (Phi) is 4.13. The molecule has 0 unspecified atom stereocenters. The van der Waals surface area contributed by atoms with Crippen LogP contribution in [0.25, 0.3) is 0 Å². The second-order valence-electron chi connectivity index (χ2n) is 10.8. The van der Waals surface area contributed by atoms with Gasteiger partial charge in [-0.2, -0.15) is 0 Å². The Bertz CT molecular complexity index is 827. The van der Waals surface area contributed by atoms with Crippen molar-refractivity contribution >= 4 is 19.7 Å². The summed E-state index contributed by atoms with van der Waals surface area (Å²) in [5.74, 6) is 1.25. The Morgan fingerprint density at radius 1 is 0.741 bits per heavy atom. The second kappa shape index (κ2) is 5.60. The molecule has 2 saturated carbocycles. The van der Waals surface area contributed by atoms with Crippen LogP contribution in [-0.2, 0) is 24.4 Å². The van der Waals surface area contributed by atoms with Crippen molar-refractivity contribution in [2.75, 3.05) is 0 Å². The summed E-state index contributed by atoms with van der Waals surface area (Å²) < 4.78 is 58.1. The van der Waals surface area contributed by atoms with Gasteiger partial charge in [-0.25, -0.2) is 16.8 Å². The molecule has 2 aliphatic carbocycles. The van der Waals surface area contributed by atoms with Crippen molar-refractivity contribution in [3.63, 3.8) is 0 Å². The molecule has 0 spiro atoms. The predicted molar refractivity (Wildman–Crippen MR) is 105 cm³/mol. The number of sulfone groups is 2. The van der Waals surface area contributed by atoms with Crippen molar-refractivity contribution in [3.05, 3.63) is 9.81 Å². The van der Waals surface area contributed by atoms with Crippen molar-refractivity contribution in [3.8, 4) is 0 Å². The van der Waals surface area contributed by atoms with Gasteiger partial charge in [0.15, 0.2) is 19.7 Å². The average molecular weight is 417 g/mol. The first-order valence-corrected chi connectivity index (χ1v) is 13.0. The zero-order valence-electron chi connectivity index (χ0n) is 17.2. The Balaban J connectivity index is 1.97. The van der Waals surface area contributed by atoms with Gasteiger partial charge in [-0.1, -0.05) is 19.3 Å². The Hall–Kier alpha value is -0.400. The molecule has 4 bridgehead atoms. The summed E-state index contributed by atoms with van der Waals surface area (Å²) in [7, 11) is -7.58. The summed E-state index contributed by atoms with van der Waals surface area (Å²) >= 11 is 0. The maximum Gasteiger partial charge on any atom is 0.183 e. The lowest BCUT2D eigenvalue weighted by atomic mass is 9.79. The van der Waals surface area contributed by atoms with E-state index in [0.717, 1.165) is 25.7 Å². The Morgan fingerprint density at radius 3 is 1.44 bits per heavy atom. The maximum absolute atomic E-state index is 13.5. The molecule has 3 fully saturated rings. The van der Waals surface area contributed by atoms with Gasteiger partial charge in [0.05, 0.1) is 31.5 Å². The smallest absolute Gasteiger partial charge is 0.183 e. The van der Waals surface area contributed by atoms with Gasteiger partial charge in [0.1, 0.15) is 0 Å². The van der Waals surface area contributed by atoms with E-state index in [9.17, 15) is 16.8 Å². The molecular formula is C20H32O5S2. The van der Waals surface area contributed by atoms with Crippen LogP contribution in [0.1, 0.15) is 67.2 Å². The lowest BCUT2D eigenvalue weighted by Gasteiger charge is -2.34. The average Bonchev–Trinajstić information content (AvgIpc) is 3.14. The number of rotatable bonds is 2. The van der Waals surface area contributed by atoms with Crippen LogP contribution >= 0.6 is 0 Å². The van der Waals surface area contributed by atoms with Crippen LogP contribution in [0.4, 0.5) is 0 Å². The molecule has 2 aliphatic heterocycles. The summed E-state index contributed by atoms with van der Waals surface area (Å²) in [6.45, 7) is 9.88. The van der Waals surface area contributed by atoms with E-state index >= 15 is 0 Å². The molecule has 2 heterocycles. The van der Waals surface area contributed by atoms with Crippen LogP contribution < -0.4 is 0 Å². The van der Waals surface area contributed by atoms with Crippen molar-refractivity contribution in [1.82, 2.24) is 0 Å². The molecule has 0 radical (unpaired) electrons. The standard InChI is InChI=1S/C20H32O5S2/c1-19(2,3)26(21,22)17-15-13-11-8-7-9-12(10-11)14(13)16(25-15)18(17)27(23,24)20(4,5)6/h11-16H,7-10H2,1-6H3/t11-,12-,13-,14-,15-,16-/m0/s1. The van der Waals surface area contributed by atoms with Gasteiger partial charge in [-0.15, -0.1) is 0 Å². The molecule has 4 rings (SSSR count). The van der Waals surface area contributed by atoms with Gasteiger partial charge in [0.25, 0.3) is 0 Å². The van der Waals surface area contributed by atoms with Gasteiger partial charge in [0.2, 0.25) is 0 Å². The zero-order valence-corrected chi connectivity index (χ0v) is 18.8. The molecule has 1 saturated heterocycles. The fraction of sp³-hybridized carbons (Fsp3) is 0.900. The van der Waals surface area contributed by atoms with Gasteiger partial charge in [0, 0.05) is 0 Å². The highest BCUT2D eigenvalue weighted by molar-refractivity contribution is 8.00. The van der Waals surface area contributed by atoms with Crippen molar-refractivity contribution in [1.29, 1.82) is 0 Å².